The molecule has 0 aliphatic carbocycles. The highest BCUT2D eigenvalue weighted by atomic mass is 127. The summed E-state index contributed by atoms with van der Waals surface area (Å²) in [7, 11) is 0.218. The molecule has 0 saturated heterocycles. The Hall–Kier alpha value is 0.550. The molecule has 1 amide bonds. The molecular formula is C5H12INOS. The third-order valence-electron chi connectivity index (χ3n) is 0.881. The highest BCUT2D eigenvalue weighted by Crippen LogP contribution is 1.86. The highest BCUT2D eigenvalue weighted by molar-refractivity contribution is 7.96. The second kappa shape index (κ2) is 6.67. The van der Waals surface area contributed by atoms with E-state index in [0.29, 0.717) is 5.75 Å². The minimum absolute atomic E-state index is 0. The standard InChI is InChI=1S/C5H11NOS.HI/c1-3-8(2)4-5(6)7;/h3-4H2,1-2H3,(H-,6,7);1H. The van der Waals surface area contributed by atoms with Crippen LogP contribution in [0.4, 0.5) is 0 Å². The number of carbonyl (C=O) groups excluding carboxylic acids is 1. The summed E-state index contributed by atoms with van der Waals surface area (Å²) in [6, 6.07) is 0. The van der Waals surface area contributed by atoms with Gasteiger partial charge in [0.1, 0.15) is 5.75 Å². The SMILES string of the molecule is CC[S+](C)CC(N)=O.[I-]. The van der Waals surface area contributed by atoms with Gasteiger partial charge in [-0.2, -0.15) is 0 Å². The Kier molecular flexibility index (Phi) is 9.07. The van der Waals surface area contributed by atoms with Crippen LogP contribution in [0.15, 0.2) is 0 Å². The molecule has 2 nitrogen and oxygen atoms in total. The maximum Gasteiger partial charge on any atom is 0.267 e. The molecule has 0 heterocycles. The monoisotopic (exact) mass is 261 g/mol. The number of hydrogen-bond acceptors (Lipinski definition) is 1. The van der Waals surface area contributed by atoms with Crippen molar-refractivity contribution in [1.82, 2.24) is 0 Å². The zero-order valence-electron chi connectivity index (χ0n) is 5.69. The summed E-state index contributed by atoms with van der Waals surface area (Å²) in [5, 5.41) is 0. The number of hydrogen-bond donors (Lipinski definition) is 1. The molecule has 56 valence electrons. The van der Waals surface area contributed by atoms with Gasteiger partial charge < -0.3 is 29.7 Å². The molecule has 4 heteroatoms. The Balaban J connectivity index is 0. The average Bonchev–Trinajstić information content (AvgIpc) is 1.65. The van der Waals surface area contributed by atoms with E-state index in [-0.39, 0.29) is 40.8 Å². The first kappa shape index (κ1) is 12.2. The predicted octanol–water partition coefficient (Wildman–Crippen LogP) is -3.26. The van der Waals surface area contributed by atoms with E-state index in [4.69, 9.17) is 5.73 Å². The maximum atomic E-state index is 10.2. The summed E-state index contributed by atoms with van der Waals surface area (Å²) in [6.45, 7) is 2.06. The van der Waals surface area contributed by atoms with E-state index in [1.807, 2.05) is 6.26 Å². The normalized spacial score (nSPS) is 11.8. The number of rotatable bonds is 3. The second-order valence-electron chi connectivity index (χ2n) is 1.68. The van der Waals surface area contributed by atoms with Crippen molar-refractivity contribution in [2.24, 2.45) is 5.73 Å². The molecule has 2 N–H and O–H groups in total. The lowest BCUT2D eigenvalue weighted by atomic mass is 10.8. The van der Waals surface area contributed by atoms with Crippen molar-refractivity contribution in [3.63, 3.8) is 0 Å². The van der Waals surface area contributed by atoms with E-state index >= 15 is 0 Å². The van der Waals surface area contributed by atoms with Crippen LogP contribution in [0, 0.1) is 0 Å². The molecule has 1 unspecified atom stereocenters. The number of carbonyl (C=O) groups is 1. The summed E-state index contributed by atoms with van der Waals surface area (Å²) in [5.74, 6) is 1.43. The van der Waals surface area contributed by atoms with Crippen LogP contribution in [0.1, 0.15) is 6.92 Å². The zero-order valence-corrected chi connectivity index (χ0v) is 8.66. The second-order valence-corrected chi connectivity index (χ2v) is 4.11. The van der Waals surface area contributed by atoms with Crippen LogP contribution in [0.2, 0.25) is 0 Å². The fraction of sp³-hybridized carbons (Fsp3) is 0.800. The van der Waals surface area contributed by atoms with E-state index in [1.165, 1.54) is 0 Å². The van der Waals surface area contributed by atoms with E-state index in [9.17, 15) is 4.79 Å². The Morgan fingerprint density at radius 1 is 1.67 bits per heavy atom. The van der Waals surface area contributed by atoms with E-state index in [1.54, 1.807) is 0 Å². The quantitative estimate of drug-likeness (QED) is 0.421. The van der Waals surface area contributed by atoms with Crippen molar-refractivity contribution in [2.45, 2.75) is 6.92 Å². The summed E-state index contributed by atoms with van der Waals surface area (Å²) >= 11 is 0. The van der Waals surface area contributed by atoms with E-state index < -0.39 is 0 Å². The molecule has 0 saturated carbocycles. The van der Waals surface area contributed by atoms with Crippen LogP contribution in [0.5, 0.6) is 0 Å². The van der Waals surface area contributed by atoms with Gasteiger partial charge in [-0.25, -0.2) is 0 Å². The fourth-order valence-corrected chi connectivity index (χ4v) is 1.03. The molecule has 1 atom stereocenters. The van der Waals surface area contributed by atoms with Crippen molar-refractivity contribution >= 4 is 16.8 Å². The summed E-state index contributed by atoms with van der Waals surface area (Å²) in [4.78, 5) is 10.2. The number of halogens is 1. The molecule has 0 bridgehead atoms. The molecule has 9 heavy (non-hydrogen) atoms. The van der Waals surface area contributed by atoms with E-state index in [0.717, 1.165) is 5.75 Å². The molecule has 0 aliphatic rings. The fourth-order valence-electron chi connectivity index (χ4n) is 0.345. The summed E-state index contributed by atoms with van der Waals surface area (Å²) in [6.07, 6.45) is 2.05. The molecular weight excluding hydrogens is 249 g/mol. The van der Waals surface area contributed by atoms with Crippen molar-refractivity contribution in [2.75, 3.05) is 17.8 Å². The van der Waals surface area contributed by atoms with Crippen LogP contribution < -0.4 is 29.7 Å². The molecule has 0 rings (SSSR count). The van der Waals surface area contributed by atoms with Gasteiger partial charge in [0.15, 0.2) is 5.75 Å². The largest absolute Gasteiger partial charge is 1.00 e. The highest BCUT2D eigenvalue weighted by Gasteiger charge is 2.09. The van der Waals surface area contributed by atoms with Gasteiger partial charge in [-0.15, -0.1) is 0 Å². The first-order valence-corrected chi connectivity index (χ1v) is 4.51. The van der Waals surface area contributed by atoms with Crippen molar-refractivity contribution in [3.05, 3.63) is 0 Å². The maximum absolute atomic E-state index is 10.2. The van der Waals surface area contributed by atoms with Gasteiger partial charge in [0.05, 0.1) is 6.26 Å². The predicted molar refractivity (Wildman–Crippen MR) is 37.9 cm³/mol. The van der Waals surface area contributed by atoms with Crippen molar-refractivity contribution in [3.8, 4) is 0 Å². The van der Waals surface area contributed by atoms with Crippen LogP contribution in [0.3, 0.4) is 0 Å². The molecule has 0 aromatic rings. The Morgan fingerprint density at radius 2 is 2.11 bits per heavy atom. The number of primary amides is 1. The Bertz CT molecular complexity index is 89.0. The van der Waals surface area contributed by atoms with Crippen LogP contribution in [-0.2, 0) is 15.7 Å². The summed E-state index contributed by atoms with van der Waals surface area (Å²) in [5.41, 5.74) is 4.94. The van der Waals surface area contributed by atoms with Gasteiger partial charge in [0, 0.05) is 0 Å². The van der Waals surface area contributed by atoms with Gasteiger partial charge in [-0.1, -0.05) is 0 Å². The smallest absolute Gasteiger partial charge is 0.267 e. The van der Waals surface area contributed by atoms with Gasteiger partial charge in [0.25, 0.3) is 5.91 Å². The lowest BCUT2D eigenvalue weighted by Crippen LogP contribution is -3.00. The van der Waals surface area contributed by atoms with E-state index in [2.05, 4.69) is 6.92 Å². The van der Waals surface area contributed by atoms with Gasteiger partial charge in [0.2, 0.25) is 0 Å². The topological polar surface area (TPSA) is 43.1 Å². The average molecular weight is 261 g/mol. The molecule has 0 aromatic heterocycles. The molecule has 0 aliphatic heterocycles. The number of nitrogens with two attached hydrogens (primary N) is 1. The van der Waals surface area contributed by atoms with Crippen LogP contribution in [0.25, 0.3) is 0 Å². The summed E-state index contributed by atoms with van der Waals surface area (Å²) < 4.78 is 0. The first-order chi connectivity index (χ1) is 3.66. The lowest BCUT2D eigenvalue weighted by molar-refractivity contribution is -0.115. The van der Waals surface area contributed by atoms with Crippen LogP contribution in [-0.4, -0.2) is 23.7 Å². The lowest BCUT2D eigenvalue weighted by Gasteiger charge is -1.93. The van der Waals surface area contributed by atoms with Gasteiger partial charge >= 0.3 is 0 Å². The molecule has 0 spiro atoms. The minimum atomic E-state index is -0.183. The third kappa shape index (κ3) is 8.55. The first-order valence-electron chi connectivity index (χ1n) is 2.54. The van der Waals surface area contributed by atoms with Crippen molar-refractivity contribution < 1.29 is 28.8 Å². The minimum Gasteiger partial charge on any atom is -1.00 e. The Morgan fingerprint density at radius 3 is 2.22 bits per heavy atom. The number of amides is 1. The zero-order chi connectivity index (χ0) is 6.57. The third-order valence-corrected chi connectivity index (χ3v) is 2.64. The van der Waals surface area contributed by atoms with Crippen molar-refractivity contribution in [1.29, 1.82) is 0 Å². The van der Waals surface area contributed by atoms with Crippen LogP contribution >= 0.6 is 0 Å². The van der Waals surface area contributed by atoms with Gasteiger partial charge in [-0.05, 0) is 17.8 Å². The van der Waals surface area contributed by atoms with Gasteiger partial charge in [-0.3, -0.25) is 4.79 Å². The molecule has 0 radical (unpaired) electrons. The molecule has 0 aromatic carbocycles. The molecule has 0 fully saturated rings. The Labute approximate surface area is 75.9 Å².